The fourth-order valence-corrected chi connectivity index (χ4v) is 2.48. The molecule has 0 bridgehead atoms. The Morgan fingerprint density at radius 2 is 2.04 bits per heavy atom. The highest BCUT2D eigenvalue weighted by atomic mass is 35.5. The van der Waals surface area contributed by atoms with Crippen molar-refractivity contribution in [3.05, 3.63) is 52.4 Å². The molecule has 0 spiro atoms. The molecule has 0 fully saturated rings. The van der Waals surface area contributed by atoms with Crippen LogP contribution in [0, 0.1) is 6.92 Å². The topological polar surface area (TPSA) is 66.9 Å². The van der Waals surface area contributed by atoms with E-state index in [9.17, 15) is 4.79 Å². The van der Waals surface area contributed by atoms with E-state index in [-0.39, 0.29) is 5.91 Å². The minimum absolute atomic E-state index is 0.160. The summed E-state index contributed by atoms with van der Waals surface area (Å²) < 4.78 is 0. The van der Waals surface area contributed by atoms with Gasteiger partial charge in [0.15, 0.2) is 0 Å². The van der Waals surface area contributed by atoms with Crippen LogP contribution in [-0.2, 0) is 6.42 Å². The zero-order chi connectivity index (χ0) is 17.4. The van der Waals surface area contributed by atoms with Gasteiger partial charge in [0.05, 0.1) is 0 Å². The molecule has 0 aliphatic rings. The van der Waals surface area contributed by atoms with Gasteiger partial charge in [0, 0.05) is 24.2 Å². The van der Waals surface area contributed by atoms with E-state index in [0.29, 0.717) is 30.4 Å². The average molecular weight is 347 g/mol. The van der Waals surface area contributed by atoms with Crippen molar-refractivity contribution < 1.29 is 4.79 Å². The second-order valence-electron chi connectivity index (χ2n) is 5.60. The Morgan fingerprint density at radius 1 is 1.21 bits per heavy atom. The molecule has 0 radical (unpaired) electrons. The molecule has 2 aromatic rings. The standard InChI is InChI=1S/C18H23ClN4O/c1-3-4-9-21-18(24)16-12-17(23-13(2)22-16)20-10-8-14-6-5-7-15(19)11-14/h5-7,11-12H,3-4,8-10H2,1-2H3,(H,21,24)(H,20,22,23). The van der Waals surface area contributed by atoms with E-state index in [4.69, 9.17) is 11.6 Å². The number of anilines is 1. The third-order valence-corrected chi connectivity index (χ3v) is 3.73. The maximum absolute atomic E-state index is 12.1. The molecule has 24 heavy (non-hydrogen) atoms. The van der Waals surface area contributed by atoms with Crippen LogP contribution in [0.2, 0.25) is 5.02 Å². The highest BCUT2D eigenvalue weighted by Gasteiger charge is 2.09. The summed E-state index contributed by atoms with van der Waals surface area (Å²) in [5.74, 6) is 1.07. The lowest BCUT2D eigenvalue weighted by atomic mass is 10.1. The van der Waals surface area contributed by atoms with Crippen LogP contribution in [0.1, 0.15) is 41.6 Å². The Hall–Kier alpha value is -2.14. The van der Waals surface area contributed by atoms with Gasteiger partial charge >= 0.3 is 0 Å². The molecule has 0 saturated carbocycles. The zero-order valence-corrected chi connectivity index (χ0v) is 14.9. The molecular weight excluding hydrogens is 324 g/mol. The second kappa shape index (κ2) is 9.23. The first-order valence-corrected chi connectivity index (χ1v) is 8.58. The molecule has 5 nitrogen and oxygen atoms in total. The first kappa shape index (κ1) is 18.2. The lowest BCUT2D eigenvalue weighted by Gasteiger charge is -2.09. The summed E-state index contributed by atoms with van der Waals surface area (Å²) in [6.45, 7) is 5.23. The van der Waals surface area contributed by atoms with Gasteiger partial charge in [-0.25, -0.2) is 9.97 Å². The van der Waals surface area contributed by atoms with Gasteiger partial charge in [-0.1, -0.05) is 37.1 Å². The molecule has 0 unspecified atom stereocenters. The number of hydrogen-bond donors (Lipinski definition) is 2. The molecule has 128 valence electrons. The number of aryl methyl sites for hydroxylation is 1. The van der Waals surface area contributed by atoms with E-state index in [1.807, 2.05) is 24.3 Å². The van der Waals surface area contributed by atoms with Gasteiger partial charge in [-0.05, 0) is 37.5 Å². The van der Waals surface area contributed by atoms with Crippen molar-refractivity contribution in [2.45, 2.75) is 33.1 Å². The van der Waals surface area contributed by atoms with Gasteiger partial charge in [0.1, 0.15) is 17.3 Å². The van der Waals surface area contributed by atoms with E-state index in [1.165, 1.54) is 0 Å². The van der Waals surface area contributed by atoms with Crippen molar-refractivity contribution in [1.82, 2.24) is 15.3 Å². The molecule has 0 atom stereocenters. The van der Waals surface area contributed by atoms with E-state index in [0.717, 1.165) is 29.8 Å². The predicted molar refractivity (Wildman–Crippen MR) is 97.7 cm³/mol. The molecule has 1 aromatic heterocycles. The van der Waals surface area contributed by atoms with Gasteiger partial charge < -0.3 is 10.6 Å². The molecule has 6 heteroatoms. The number of rotatable bonds is 8. The number of carbonyl (C=O) groups excluding carboxylic acids is 1. The largest absolute Gasteiger partial charge is 0.370 e. The Morgan fingerprint density at radius 3 is 2.79 bits per heavy atom. The molecule has 2 N–H and O–H groups in total. The highest BCUT2D eigenvalue weighted by Crippen LogP contribution is 2.12. The monoisotopic (exact) mass is 346 g/mol. The zero-order valence-electron chi connectivity index (χ0n) is 14.1. The fraction of sp³-hybridized carbons (Fsp3) is 0.389. The van der Waals surface area contributed by atoms with Crippen LogP contribution in [-0.4, -0.2) is 29.0 Å². The molecule has 2 rings (SSSR count). The number of unbranched alkanes of at least 4 members (excludes halogenated alkanes) is 1. The molecular formula is C18H23ClN4O. The van der Waals surface area contributed by atoms with Gasteiger partial charge in [-0.15, -0.1) is 0 Å². The SMILES string of the molecule is CCCCNC(=O)c1cc(NCCc2cccc(Cl)c2)nc(C)n1. The number of aromatic nitrogens is 2. The normalized spacial score (nSPS) is 10.5. The van der Waals surface area contributed by atoms with E-state index in [2.05, 4.69) is 27.5 Å². The highest BCUT2D eigenvalue weighted by molar-refractivity contribution is 6.30. The summed E-state index contributed by atoms with van der Waals surface area (Å²) in [6, 6.07) is 9.46. The molecule has 0 aliphatic heterocycles. The van der Waals surface area contributed by atoms with Crippen LogP contribution in [0.25, 0.3) is 0 Å². The van der Waals surface area contributed by atoms with Gasteiger partial charge in [0.25, 0.3) is 5.91 Å². The molecule has 1 heterocycles. The van der Waals surface area contributed by atoms with E-state index >= 15 is 0 Å². The number of nitrogens with one attached hydrogen (secondary N) is 2. The van der Waals surface area contributed by atoms with E-state index < -0.39 is 0 Å². The van der Waals surface area contributed by atoms with Crippen molar-refractivity contribution in [3.8, 4) is 0 Å². The summed E-state index contributed by atoms with van der Waals surface area (Å²) in [4.78, 5) is 20.7. The van der Waals surface area contributed by atoms with Crippen LogP contribution in [0.5, 0.6) is 0 Å². The third-order valence-electron chi connectivity index (χ3n) is 3.50. The summed E-state index contributed by atoms with van der Waals surface area (Å²) in [7, 11) is 0. The number of nitrogens with zero attached hydrogens (tertiary/aromatic N) is 2. The molecule has 0 saturated heterocycles. The lowest BCUT2D eigenvalue weighted by molar-refractivity contribution is 0.0948. The van der Waals surface area contributed by atoms with Crippen molar-refractivity contribution in [1.29, 1.82) is 0 Å². The van der Waals surface area contributed by atoms with Crippen molar-refractivity contribution >= 4 is 23.3 Å². The number of benzene rings is 1. The summed E-state index contributed by atoms with van der Waals surface area (Å²) in [6.07, 6.45) is 2.82. The summed E-state index contributed by atoms with van der Waals surface area (Å²) in [5, 5.41) is 6.85. The van der Waals surface area contributed by atoms with Crippen molar-refractivity contribution in [2.24, 2.45) is 0 Å². The minimum Gasteiger partial charge on any atom is -0.370 e. The summed E-state index contributed by atoms with van der Waals surface area (Å²) in [5.41, 5.74) is 1.54. The predicted octanol–water partition coefficient (Wildman–Crippen LogP) is 3.62. The Kier molecular flexibility index (Phi) is 7.00. The number of hydrogen-bond acceptors (Lipinski definition) is 4. The van der Waals surface area contributed by atoms with Gasteiger partial charge in [-0.2, -0.15) is 0 Å². The summed E-state index contributed by atoms with van der Waals surface area (Å²) >= 11 is 5.98. The second-order valence-corrected chi connectivity index (χ2v) is 6.04. The smallest absolute Gasteiger partial charge is 0.270 e. The van der Waals surface area contributed by atoms with Crippen LogP contribution in [0.3, 0.4) is 0 Å². The van der Waals surface area contributed by atoms with Gasteiger partial charge in [-0.3, -0.25) is 4.79 Å². The first-order valence-electron chi connectivity index (χ1n) is 8.20. The minimum atomic E-state index is -0.160. The fourth-order valence-electron chi connectivity index (χ4n) is 2.27. The van der Waals surface area contributed by atoms with Crippen molar-refractivity contribution in [3.63, 3.8) is 0 Å². The maximum Gasteiger partial charge on any atom is 0.270 e. The molecule has 1 aromatic carbocycles. The number of amides is 1. The number of halogens is 1. The maximum atomic E-state index is 12.1. The van der Waals surface area contributed by atoms with Crippen LogP contribution < -0.4 is 10.6 Å². The third kappa shape index (κ3) is 5.81. The molecule has 1 amide bonds. The Labute approximate surface area is 147 Å². The lowest BCUT2D eigenvalue weighted by Crippen LogP contribution is -2.26. The Balaban J connectivity index is 1.94. The average Bonchev–Trinajstić information content (AvgIpc) is 2.54. The van der Waals surface area contributed by atoms with Crippen LogP contribution >= 0.6 is 11.6 Å². The number of carbonyl (C=O) groups is 1. The molecule has 0 aliphatic carbocycles. The van der Waals surface area contributed by atoms with E-state index in [1.54, 1.807) is 13.0 Å². The van der Waals surface area contributed by atoms with Crippen molar-refractivity contribution in [2.75, 3.05) is 18.4 Å². The van der Waals surface area contributed by atoms with Crippen LogP contribution in [0.15, 0.2) is 30.3 Å². The first-order chi connectivity index (χ1) is 11.6. The van der Waals surface area contributed by atoms with Gasteiger partial charge in [0.2, 0.25) is 0 Å². The Bertz CT molecular complexity index is 690. The quantitative estimate of drug-likeness (QED) is 0.716. The van der Waals surface area contributed by atoms with Crippen LogP contribution in [0.4, 0.5) is 5.82 Å².